The third-order valence-electron chi connectivity index (χ3n) is 8.80. The molecule has 0 radical (unpaired) electrons. The van der Waals surface area contributed by atoms with Crippen LogP contribution in [0.25, 0.3) is 0 Å². The molecule has 1 aromatic heterocycles. The Hall–Kier alpha value is -3.00. The first-order valence-electron chi connectivity index (χ1n) is 13.2. The van der Waals surface area contributed by atoms with Crippen LogP contribution in [0.5, 0.6) is 0 Å². The van der Waals surface area contributed by atoms with Crippen LogP contribution in [-0.4, -0.2) is 75.9 Å². The van der Waals surface area contributed by atoms with Crippen LogP contribution in [0.2, 0.25) is 0 Å². The molecule has 8 heteroatoms. The third-order valence-corrected chi connectivity index (χ3v) is 8.80. The smallest absolute Gasteiger partial charge is 0.321 e. The molecule has 1 spiro atoms. The Morgan fingerprint density at radius 3 is 2.36 bits per heavy atom. The van der Waals surface area contributed by atoms with Crippen LogP contribution in [0.15, 0.2) is 48.8 Å². The van der Waals surface area contributed by atoms with Crippen LogP contribution >= 0.6 is 0 Å². The maximum Gasteiger partial charge on any atom is 0.321 e. The van der Waals surface area contributed by atoms with Crippen molar-refractivity contribution in [1.82, 2.24) is 30.0 Å². The summed E-state index contributed by atoms with van der Waals surface area (Å²) in [5.41, 5.74) is 1.11. The Bertz CT molecular complexity index is 1050. The van der Waals surface area contributed by atoms with Crippen LogP contribution in [0.1, 0.15) is 56.3 Å². The third kappa shape index (κ3) is 4.71. The highest BCUT2D eigenvalue weighted by atomic mass is 16.2. The van der Waals surface area contributed by atoms with Gasteiger partial charge in [-0.2, -0.15) is 0 Å². The predicted octanol–water partition coefficient (Wildman–Crippen LogP) is 3.40. The number of amides is 3. The maximum atomic E-state index is 13.7. The van der Waals surface area contributed by atoms with Gasteiger partial charge in [0.1, 0.15) is 12.4 Å². The maximum absolute atomic E-state index is 13.7. The Kier molecular flexibility index (Phi) is 6.97. The zero-order chi connectivity index (χ0) is 25.2. The quantitative estimate of drug-likeness (QED) is 0.613. The Labute approximate surface area is 214 Å². The van der Waals surface area contributed by atoms with Crippen LogP contribution in [0.3, 0.4) is 0 Å². The van der Waals surface area contributed by atoms with Crippen molar-refractivity contribution in [3.8, 4) is 0 Å². The van der Waals surface area contributed by atoms with Crippen molar-refractivity contribution in [1.29, 1.82) is 0 Å². The fraction of sp³-hybridized carbons (Fsp3) is 0.571. The summed E-state index contributed by atoms with van der Waals surface area (Å²) in [4.78, 5) is 41.0. The molecule has 8 nitrogen and oxygen atoms in total. The van der Waals surface area contributed by atoms with Gasteiger partial charge in [0.25, 0.3) is 0 Å². The number of rotatable bonds is 8. The van der Waals surface area contributed by atoms with E-state index in [1.54, 1.807) is 23.4 Å². The van der Waals surface area contributed by atoms with E-state index in [2.05, 4.69) is 69.5 Å². The van der Waals surface area contributed by atoms with E-state index in [4.69, 9.17) is 0 Å². The molecule has 0 unspecified atom stereocenters. The van der Waals surface area contributed by atoms with Gasteiger partial charge in [0.05, 0.1) is 12.1 Å². The van der Waals surface area contributed by atoms with Gasteiger partial charge in [-0.1, -0.05) is 36.8 Å². The molecule has 1 aliphatic heterocycles. The minimum Gasteiger partial charge on any atom is -0.347 e. The zero-order valence-electron chi connectivity index (χ0n) is 21.5. The number of benzene rings is 1. The van der Waals surface area contributed by atoms with E-state index in [9.17, 15) is 9.59 Å². The fourth-order valence-electron chi connectivity index (χ4n) is 6.34. The normalized spacial score (nSPS) is 26.5. The summed E-state index contributed by atoms with van der Waals surface area (Å²) in [6.07, 6.45) is 10.8. The molecule has 3 fully saturated rings. The van der Waals surface area contributed by atoms with Crippen molar-refractivity contribution in [2.75, 3.05) is 33.7 Å². The van der Waals surface area contributed by atoms with Crippen molar-refractivity contribution < 1.29 is 9.59 Å². The van der Waals surface area contributed by atoms with Gasteiger partial charge in [-0.25, -0.2) is 14.8 Å². The molecular weight excluding hydrogens is 452 g/mol. The van der Waals surface area contributed by atoms with Gasteiger partial charge in [0.15, 0.2) is 0 Å². The lowest BCUT2D eigenvalue weighted by Gasteiger charge is -2.51. The van der Waals surface area contributed by atoms with Gasteiger partial charge in [-0.05, 0) is 70.2 Å². The van der Waals surface area contributed by atoms with Crippen molar-refractivity contribution >= 4 is 11.9 Å². The molecular formula is C28H38N6O2. The summed E-state index contributed by atoms with van der Waals surface area (Å²) in [7, 11) is 4.34. The van der Waals surface area contributed by atoms with E-state index >= 15 is 0 Å². The van der Waals surface area contributed by atoms with Gasteiger partial charge >= 0.3 is 6.03 Å². The van der Waals surface area contributed by atoms with Gasteiger partial charge in [0, 0.05) is 31.0 Å². The van der Waals surface area contributed by atoms with Gasteiger partial charge in [-0.15, -0.1) is 0 Å². The molecule has 2 aliphatic carbocycles. The second kappa shape index (κ2) is 10.2. The lowest BCUT2D eigenvalue weighted by atomic mass is 9.68. The van der Waals surface area contributed by atoms with Crippen LogP contribution in [-0.2, 0) is 16.9 Å². The van der Waals surface area contributed by atoms with Gasteiger partial charge < -0.3 is 15.1 Å². The number of hydrogen-bond donors (Lipinski definition) is 1. The Balaban J connectivity index is 1.30. The second-order valence-electron chi connectivity index (χ2n) is 11.0. The number of carbonyl (C=O) groups is 2. The number of nitrogens with one attached hydrogen (secondary N) is 1. The minimum absolute atomic E-state index is 0.0186. The molecule has 1 saturated heterocycles. The molecule has 0 atom stereocenters. The molecule has 3 amide bonds. The summed E-state index contributed by atoms with van der Waals surface area (Å²) in [5, 5.41) is 2.88. The Morgan fingerprint density at radius 2 is 1.75 bits per heavy atom. The second-order valence-corrected chi connectivity index (χ2v) is 11.0. The first kappa shape index (κ1) is 24.7. The van der Waals surface area contributed by atoms with Crippen molar-refractivity contribution in [2.45, 2.75) is 62.6 Å². The van der Waals surface area contributed by atoms with Gasteiger partial charge in [-0.3, -0.25) is 9.69 Å². The minimum atomic E-state index is -0.205. The predicted molar refractivity (Wildman–Crippen MR) is 138 cm³/mol. The standard InChI is InChI=1S/C28H38N6O2/c1-32(2)28(23-10-4-3-5-11-23)14-12-27(13-15-28)21-33(26(36)34(27)19-22-8-6-9-22)20-25(35)31-18-24-29-16-7-17-30-24/h3-5,7,10-11,16-17,22H,6,8-9,12-15,18-21H2,1-2H3,(H,31,35). The van der Waals surface area contributed by atoms with E-state index in [1.165, 1.54) is 24.8 Å². The van der Waals surface area contributed by atoms with Crippen molar-refractivity contribution in [3.63, 3.8) is 0 Å². The first-order valence-corrected chi connectivity index (χ1v) is 13.2. The lowest BCUT2D eigenvalue weighted by Crippen LogP contribution is -2.56. The molecule has 3 aliphatic rings. The molecule has 0 bridgehead atoms. The summed E-state index contributed by atoms with van der Waals surface area (Å²) in [6.45, 7) is 1.77. The first-order chi connectivity index (χ1) is 17.4. The van der Waals surface area contributed by atoms with E-state index in [-0.39, 0.29) is 36.1 Å². The fourth-order valence-corrected chi connectivity index (χ4v) is 6.34. The van der Waals surface area contributed by atoms with E-state index in [0.717, 1.165) is 32.2 Å². The molecule has 1 N–H and O–H groups in total. The molecule has 192 valence electrons. The summed E-state index contributed by atoms with van der Waals surface area (Å²) >= 11 is 0. The molecule has 5 rings (SSSR count). The SMILES string of the molecule is CN(C)C1(c2ccccc2)CCC2(CC1)CN(CC(=O)NCc1ncccn1)C(=O)N2CC1CCC1. The molecule has 1 aromatic carbocycles. The molecule has 2 aromatic rings. The number of urea groups is 1. The zero-order valence-corrected chi connectivity index (χ0v) is 21.5. The topological polar surface area (TPSA) is 81.7 Å². The van der Waals surface area contributed by atoms with E-state index in [0.29, 0.717) is 18.3 Å². The van der Waals surface area contributed by atoms with Crippen LogP contribution in [0.4, 0.5) is 4.79 Å². The highest BCUT2D eigenvalue weighted by molar-refractivity contribution is 5.86. The summed E-state index contributed by atoms with van der Waals surface area (Å²) in [5.74, 6) is 0.985. The van der Waals surface area contributed by atoms with E-state index < -0.39 is 0 Å². The van der Waals surface area contributed by atoms with Crippen molar-refractivity contribution in [3.05, 3.63) is 60.2 Å². The molecule has 36 heavy (non-hydrogen) atoms. The summed E-state index contributed by atoms with van der Waals surface area (Å²) in [6, 6.07) is 12.5. The molecule has 2 saturated carbocycles. The lowest BCUT2D eigenvalue weighted by molar-refractivity contribution is -0.121. The average molecular weight is 491 g/mol. The highest BCUT2D eigenvalue weighted by Crippen LogP contribution is 2.49. The number of hydrogen-bond acceptors (Lipinski definition) is 5. The molecule has 2 heterocycles. The number of aromatic nitrogens is 2. The monoisotopic (exact) mass is 490 g/mol. The Morgan fingerprint density at radius 1 is 1.06 bits per heavy atom. The number of carbonyl (C=O) groups excluding carboxylic acids is 2. The largest absolute Gasteiger partial charge is 0.347 e. The number of nitrogens with zero attached hydrogens (tertiary/aromatic N) is 5. The van der Waals surface area contributed by atoms with Crippen molar-refractivity contribution in [2.24, 2.45) is 5.92 Å². The van der Waals surface area contributed by atoms with Crippen LogP contribution < -0.4 is 5.32 Å². The van der Waals surface area contributed by atoms with E-state index in [1.807, 2.05) is 0 Å². The average Bonchev–Trinajstić information content (AvgIpc) is 3.11. The highest BCUT2D eigenvalue weighted by Gasteiger charge is 2.55. The van der Waals surface area contributed by atoms with Crippen LogP contribution in [0, 0.1) is 5.92 Å². The summed E-state index contributed by atoms with van der Waals surface area (Å²) < 4.78 is 0. The van der Waals surface area contributed by atoms with Gasteiger partial charge in [0.2, 0.25) is 5.91 Å².